The summed E-state index contributed by atoms with van der Waals surface area (Å²) in [5.41, 5.74) is 1.77. The topological polar surface area (TPSA) is 70.8 Å². The third kappa shape index (κ3) is 2.67. The molecule has 0 aliphatic carbocycles. The molecule has 1 aromatic heterocycles. The van der Waals surface area contributed by atoms with E-state index in [-0.39, 0.29) is 12.5 Å². The summed E-state index contributed by atoms with van der Waals surface area (Å²) in [5, 5.41) is 9.99. The molecule has 4 rings (SSSR count). The average molecular weight is 347 g/mol. The zero-order valence-corrected chi connectivity index (χ0v) is 13.9. The number of rotatable bonds is 4. The van der Waals surface area contributed by atoms with Crippen LogP contribution in [0.3, 0.4) is 0 Å². The predicted octanol–water partition coefficient (Wildman–Crippen LogP) is 3.85. The Labute approximate surface area is 150 Å². The Hall–Kier alpha value is -3.34. The normalized spacial score (nSPS) is 19.2. The Morgan fingerprint density at radius 2 is 1.73 bits per heavy atom. The molecule has 5 nitrogen and oxygen atoms in total. The van der Waals surface area contributed by atoms with Gasteiger partial charge in [-0.2, -0.15) is 0 Å². The van der Waals surface area contributed by atoms with Crippen LogP contribution in [0.15, 0.2) is 77.4 Å². The maximum atomic E-state index is 13.2. The van der Waals surface area contributed by atoms with Gasteiger partial charge in [0.05, 0.1) is 18.8 Å². The van der Waals surface area contributed by atoms with Crippen LogP contribution in [-0.2, 0) is 11.3 Å². The molecule has 2 aromatic carbocycles. The molecule has 0 unspecified atom stereocenters. The Kier molecular flexibility index (Phi) is 4.05. The van der Waals surface area contributed by atoms with Crippen LogP contribution in [-0.4, -0.2) is 21.9 Å². The van der Waals surface area contributed by atoms with E-state index in [0.29, 0.717) is 16.9 Å². The first-order chi connectivity index (χ1) is 12.7. The number of furan rings is 1. The quantitative estimate of drug-likeness (QED) is 0.778. The molecule has 0 bridgehead atoms. The van der Waals surface area contributed by atoms with Gasteiger partial charge in [-0.1, -0.05) is 48.5 Å². The molecule has 0 saturated heterocycles. The second-order valence-corrected chi connectivity index (χ2v) is 6.27. The fourth-order valence-electron chi connectivity index (χ4n) is 3.63. The fourth-order valence-corrected chi connectivity index (χ4v) is 3.63. The van der Waals surface area contributed by atoms with Crippen molar-refractivity contribution in [1.29, 1.82) is 0 Å². The number of benzene rings is 2. The molecule has 2 atom stereocenters. The fraction of sp³-hybridized carbons (Fsp3) is 0.143. The van der Waals surface area contributed by atoms with Crippen molar-refractivity contribution in [2.24, 2.45) is 0 Å². The van der Waals surface area contributed by atoms with Gasteiger partial charge in [0.15, 0.2) is 0 Å². The lowest BCUT2D eigenvalue weighted by Gasteiger charge is -2.40. The van der Waals surface area contributed by atoms with Crippen molar-refractivity contribution in [2.75, 3.05) is 0 Å². The summed E-state index contributed by atoms with van der Waals surface area (Å²) >= 11 is 0. The van der Waals surface area contributed by atoms with E-state index < -0.39 is 17.9 Å². The van der Waals surface area contributed by atoms with Gasteiger partial charge in [0.25, 0.3) is 5.91 Å². The minimum absolute atomic E-state index is 0.191. The molecule has 0 fully saturated rings. The molecular weight excluding hydrogens is 330 g/mol. The van der Waals surface area contributed by atoms with Crippen molar-refractivity contribution >= 4 is 11.9 Å². The van der Waals surface area contributed by atoms with Gasteiger partial charge in [-0.3, -0.25) is 9.59 Å². The van der Waals surface area contributed by atoms with Gasteiger partial charge in [-0.15, -0.1) is 0 Å². The van der Waals surface area contributed by atoms with Gasteiger partial charge in [0.1, 0.15) is 11.7 Å². The van der Waals surface area contributed by atoms with E-state index in [9.17, 15) is 14.7 Å². The summed E-state index contributed by atoms with van der Waals surface area (Å²) < 4.78 is 5.41. The lowest BCUT2D eigenvalue weighted by Crippen LogP contribution is -2.44. The highest BCUT2D eigenvalue weighted by atomic mass is 16.4. The van der Waals surface area contributed by atoms with E-state index in [1.807, 2.05) is 30.3 Å². The molecule has 130 valence electrons. The van der Waals surface area contributed by atoms with E-state index in [4.69, 9.17) is 4.42 Å². The number of aliphatic carboxylic acids is 1. The van der Waals surface area contributed by atoms with Gasteiger partial charge in [0.2, 0.25) is 0 Å². The highest BCUT2D eigenvalue weighted by Gasteiger charge is 2.44. The third-order valence-electron chi connectivity index (χ3n) is 4.75. The van der Waals surface area contributed by atoms with E-state index in [2.05, 4.69) is 0 Å². The third-order valence-corrected chi connectivity index (χ3v) is 4.75. The van der Waals surface area contributed by atoms with Crippen molar-refractivity contribution < 1.29 is 19.1 Å². The molecule has 1 aliphatic rings. The van der Waals surface area contributed by atoms with E-state index in [1.54, 1.807) is 47.6 Å². The van der Waals surface area contributed by atoms with E-state index in [1.165, 1.54) is 0 Å². The number of amides is 1. The second kappa shape index (κ2) is 6.52. The van der Waals surface area contributed by atoms with Crippen molar-refractivity contribution in [1.82, 2.24) is 4.90 Å². The van der Waals surface area contributed by atoms with Gasteiger partial charge >= 0.3 is 5.97 Å². The molecule has 26 heavy (non-hydrogen) atoms. The van der Waals surface area contributed by atoms with Crippen LogP contribution < -0.4 is 0 Å². The van der Waals surface area contributed by atoms with E-state index >= 15 is 0 Å². The number of fused-ring (bicyclic) bond motifs is 1. The molecule has 5 heteroatoms. The number of carbonyl (C=O) groups is 2. The van der Waals surface area contributed by atoms with Gasteiger partial charge in [-0.05, 0) is 29.3 Å². The summed E-state index contributed by atoms with van der Waals surface area (Å²) in [7, 11) is 0. The smallest absolute Gasteiger partial charge is 0.313 e. The van der Waals surface area contributed by atoms with Gasteiger partial charge in [0, 0.05) is 5.56 Å². The molecule has 2 heterocycles. The van der Waals surface area contributed by atoms with Crippen LogP contribution >= 0.6 is 0 Å². The highest BCUT2D eigenvalue weighted by Crippen LogP contribution is 2.43. The Bertz CT molecular complexity index is 934. The Morgan fingerprint density at radius 1 is 1.00 bits per heavy atom. The second-order valence-electron chi connectivity index (χ2n) is 6.27. The molecule has 1 amide bonds. The summed E-state index contributed by atoms with van der Waals surface area (Å²) in [4.78, 5) is 27.0. The maximum absolute atomic E-state index is 13.2. The highest BCUT2D eigenvalue weighted by molar-refractivity contribution is 6.00. The van der Waals surface area contributed by atoms with Gasteiger partial charge in [-0.25, -0.2) is 0 Å². The summed E-state index contributed by atoms with van der Waals surface area (Å²) in [6.07, 6.45) is 1.55. The Balaban J connectivity index is 1.89. The van der Waals surface area contributed by atoms with Gasteiger partial charge < -0.3 is 14.4 Å². The minimum atomic E-state index is -0.955. The zero-order chi connectivity index (χ0) is 18.1. The molecule has 0 saturated carbocycles. The van der Waals surface area contributed by atoms with Crippen LogP contribution in [0.2, 0.25) is 0 Å². The van der Waals surface area contributed by atoms with Crippen molar-refractivity contribution in [3.63, 3.8) is 0 Å². The first-order valence-corrected chi connectivity index (χ1v) is 8.37. The molecule has 3 aromatic rings. The number of carboxylic acid groups (broad SMARTS) is 1. The van der Waals surface area contributed by atoms with Crippen LogP contribution in [0.5, 0.6) is 0 Å². The van der Waals surface area contributed by atoms with Crippen LogP contribution in [0.1, 0.15) is 39.2 Å². The zero-order valence-electron chi connectivity index (χ0n) is 13.9. The van der Waals surface area contributed by atoms with Crippen molar-refractivity contribution in [2.45, 2.75) is 18.5 Å². The van der Waals surface area contributed by atoms with E-state index in [0.717, 1.165) is 5.56 Å². The van der Waals surface area contributed by atoms with Crippen LogP contribution in [0, 0.1) is 0 Å². The summed E-state index contributed by atoms with van der Waals surface area (Å²) in [5.74, 6) is -1.38. The molecule has 0 radical (unpaired) electrons. The first-order valence-electron chi connectivity index (χ1n) is 8.37. The average Bonchev–Trinajstić information content (AvgIpc) is 3.17. The summed E-state index contributed by atoms with van der Waals surface area (Å²) in [6, 6.07) is 19.2. The lowest BCUT2D eigenvalue weighted by atomic mass is 9.79. The number of carbonyl (C=O) groups excluding carboxylic acids is 1. The predicted molar refractivity (Wildman–Crippen MR) is 94.6 cm³/mol. The van der Waals surface area contributed by atoms with Crippen LogP contribution in [0.4, 0.5) is 0 Å². The molecule has 0 spiro atoms. The number of hydrogen-bond acceptors (Lipinski definition) is 3. The number of nitrogens with zero attached hydrogens (tertiary/aromatic N) is 1. The summed E-state index contributed by atoms with van der Waals surface area (Å²) in [6.45, 7) is 0.212. The standard InChI is InChI=1S/C21H17NO4/c23-20-17-11-5-4-10-16(17)18(21(24)25)19(14-7-2-1-3-8-14)22(20)13-15-9-6-12-26-15/h1-12,18-19H,13H2,(H,24,25)/t18-,19+/m0/s1. The molecule has 1 aliphatic heterocycles. The number of hydrogen-bond donors (Lipinski definition) is 1. The van der Waals surface area contributed by atoms with Crippen LogP contribution in [0.25, 0.3) is 0 Å². The largest absolute Gasteiger partial charge is 0.481 e. The maximum Gasteiger partial charge on any atom is 0.313 e. The SMILES string of the molecule is O=C(O)[C@H]1c2ccccc2C(=O)N(Cc2ccco2)[C@@H]1c1ccccc1. The first kappa shape index (κ1) is 16.1. The molecule has 1 N–H and O–H groups in total. The monoisotopic (exact) mass is 347 g/mol. The van der Waals surface area contributed by atoms with Crippen molar-refractivity contribution in [3.8, 4) is 0 Å². The lowest BCUT2D eigenvalue weighted by molar-refractivity contribution is -0.140. The van der Waals surface area contributed by atoms with Crippen molar-refractivity contribution in [3.05, 3.63) is 95.4 Å². The number of carboxylic acids is 1. The minimum Gasteiger partial charge on any atom is -0.481 e. The Morgan fingerprint density at radius 3 is 2.42 bits per heavy atom. The molecular formula is C21H17NO4.